The molecule has 0 atom stereocenters. The fourth-order valence-electron chi connectivity index (χ4n) is 2.55. The highest BCUT2D eigenvalue weighted by Crippen LogP contribution is 2.25. The molecule has 0 spiro atoms. The fraction of sp³-hybridized carbons (Fsp3) is 0.238. The molecule has 1 aromatic heterocycles. The van der Waals surface area contributed by atoms with Crippen molar-refractivity contribution in [3.05, 3.63) is 76.8 Å². The molecule has 3 rings (SSSR count). The maximum atomic E-state index is 12.1. The second-order valence-electron chi connectivity index (χ2n) is 6.36. The molecule has 1 heterocycles. The van der Waals surface area contributed by atoms with E-state index in [0.717, 1.165) is 21.8 Å². The maximum Gasteiger partial charge on any atom is 0.226 e. The van der Waals surface area contributed by atoms with Crippen molar-refractivity contribution in [2.75, 3.05) is 0 Å². The van der Waals surface area contributed by atoms with Crippen molar-refractivity contribution in [3.8, 4) is 10.6 Å². The summed E-state index contributed by atoms with van der Waals surface area (Å²) in [5.74, 6) is 0.519. The number of aromatic nitrogens is 1. The highest BCUT2D eigenvalue weighted by Gasteiger charge is 2.09. The first-order chi connectivity index (χ1) is 12.1. The van der Waals surface area contributed by atoms with Gasteiger partial charge in [0.1, 0.15) is 5.01 Å². The molecule has 25 heavy (non-hydrogen) atoms. The predicted octanol–water partition coefficient (Wildman–Crippen LogP) is 4.79. The Labute approximate surface area is 152 Å². The zero-order valence-corrected chi connectivity index (χ0v) is 15.3. The topological polar surface area (TPSA) is 42.0 Å². The minimum Gasteiger partial charge on any atom is -0.352 e. The highest BCUT2D eigenvalue weighted by molar-refractivity contribution is 7.13. The molecule has 0 aliphatic heterocycles. The van der Waals surface area contributed by atoms with E-state index in [2.05, 4.69) is 48.4 Å². The molecule has 0 radical (unpaired) electrons. The van der Waals surface area contributed by atoms with Crippen LogP contribution in [0.1, 0.15) is 36.6 Å². The first-order valence-corrected chi connectivity index (χ1v) is 9.35. The Bertz CT molecular complexity index is 823. The molecule has 0 bridgehead atoms. The van der Waals surface area contributed by atoms with Gasteiger partial charge in [-0.15, -0.1) is 11.3 Å². The summed E-state index contributed by atoms with van der Waals surface area (Å²) in [5.41, 5.74) is 4.34. The van der Waals surface area contributed by atoms with E-state index in [4.69, 9.17) is 0 Å². The first kappa shape index (κ1) is 17.4. The number of carbonyl (C=O) groups excluding carboxylic acids is 1. The number of thiazole rings is 1. The fourth-order valence-corrected chi connectivity index (χ4v) is 3.38. The Balaban J connectivity index is 1.58. The number of nitrogens with zero attached hydrogens (tertiary/aromatic N) is 1. The van der Waals surface area contributed by atoms with E-state index in [1.165, 1.54) is 5.56 Å². The number of hydrogen-bond acceptors (Lipinski definition) is 3. The minimum absolute atomic E-state index is 0.00383. The number of hydrogen-bond donors (Lipinski definition) is 1. The quantitative estimate of drug-likeness (QED) is 0.694. The van der Waals surface area contributed by atoms with Crippen LogP contribution in [0.5, 0.6) is 0 Å². The standard InChI is InChI=1S/C21H22N2OS/c1-15(2)17-8-10-18(11-9-17)21-23-19(14-25-21)12-20(24)22-13-16-6-4-3-5-7-16/h3-11,14-15H,12-13H2,1-2H3,(H,22,24). The SMILES string of the molecule is CC(C)c1ccc(-c2nc(CC(=O)NCc3ccccc3)cs2)cc1. The summed E-state index contributed by atoms with van der Waals surface area (Å²) >= 11 is 1.58. The number of nitrogens with one attached hydrogen (secondary N) is 1. The molecular weight excluding hydrogens is 328 g/mol. The molecule has 0 aliphatic carbocycles. The zero-order valence-electron chi connectivity index (χ0n) is 14.5. The van der Waals surface area contributed by atoms with E-state index in [1.807, 2.05) is 35.7 Å². The largest absolute Gasteiger partial charge is 0.352 e. The average molecular weight is 350 g/mol. The van der Waals surface area contributed by atoms with Gasteiger partial charge in [0.2, 0.25) is 5.91 Å². The molecule has 3 nitrogen and oxygen atoms in total. The van der Waals surface area contributed by atoms with Crippen molar-refractivity contribution < 1.29 is 4.79 Å². The molecule has 128 valence electrons. The third-order valence-corrected chi connectivity index (χ3v) is 4.99. The summed E-state index contributed by atoms with van der Waals surface area (Å²) in [6, 6.07) is 18.4. The van der Waals surface area contributed by atoms with Crippen molar-refractivity contribution in [1.29, 1.82) is 0 Å². The molecule has 0 aliphatic rings. The van der Waals surface area contributed by atoms with Crippen LogP contribution >= 0.6 is 11.3 Å². The Kier molecular flexibility index (Phi) is 5.61. The Hall–Kier alpha value is -2.46. The lowest BCUT2D eigenvalue weighted by Crippen LogP contribution is -2.24. The van der Waals surface area contributed by atoms with Gasteiger partial charge >= 0.3 is 0 Å². The van der Waals surface area contributed by atoms with Gasteiger partial charge < -0.3 is 5.32 Å². The van der Waals surface area contributed by atoms with Crippen LogP contribution in [0.2, 0.25) is 0 Å². The Morgan fingerprint density at radius 3 is 2.48 bits per heavy atom. The van der Waals surface area contributed by atoms with Gasteiger partial charge in [-0.3, -0.25) is 4.79 Å². The van der Waals surface area contributed by atoms with E-state index < -0.39 is 0 Å². The van der Waals surface area contributed by atoms with E-state index in [-0.39, 0.29) is 5.91 Å². The molecule has 4 heteroatoms. The van der Waals surface area contributed by atoms with Crippen molar-refractivity contribution in [2.45, 2.75) is 32.7 Å². The summed E-state index contributed by atoms with van der Waals surface area (Å²) < 4.78 is 0. The van der Waals surface area contributed by atoms with Gasteiger partial charge in [-0.25, -0.2) is 4.98 Å². The van der Waals surface area contributed by atoms with Crippen LogP contribution in [0.15, 0.2) is 60.0 Å². The average Bonchev–Trinajstić information content (AvgIpc) is 3.09. The monoisotopic (exact) mass is 350 g/mol. The summed E-state index contributed by atoms with van der Waals surface area (Å²) in [6.07, 6.45) is 0.313. The van der Waals surface area contributed by atoms with Gasteiger partial charge in [0, 0.05) is 17.5 Å². The second kappa shape index (κ2) is 8.08. The van der Waals surface area contributed by atoms with Gasteiger partial charge in [-0.05, 0) is 17.0 Å². The molecule has 0 fully saturated rings. The normalized spacial score (nSPS) is 10.8. The highest BCUT2D eigenvalue weighted by atomic mass is 32.1. The van der Waals surface area contributed by atoms with Crippen LogP contribution in [0.3, 0.4) is 0 Å². The maximum absolute atomic E-state index is 12.1. The van der Waals surface area contributed by atoms with Crippen LogP contribution in [-0.4, -0.2) is 10.9 Å². The van der Waals surface area contributed by atoms with Gasteiger partial charge in [0.25, 0.3) is 0 Å². The lowest BCUT2D eigenvalue weighted by molar-refractivity contribution is -0.120. The van der Waals surface area contributed by atoms with Crippen LogP contribution < -0.4 is 5.32 Å². The second-order valence-corrected chi connectivity index (χ2v) is 7.22. The van der Waals surface area contributed by atoms with Crippen molar-refractivity contribution >= 4 is 17.2 Å². The van der Waals surface area contributed by atoms with Gasteiger partial charge in [0.05, 0.1) is 12.1 Å². The summed E-state index contributed by atoms with van der Waals surface area (Å²) in [5, 5.41) is 5.87. The van der Waals surface area contributed by atoms with E-state index >= 15 is 0 Å². The zero-order chi connectivity index (χ0) is 17.6. The van der Waals surface area contributed by atoms with E-state index in [0.29, 0.717) is 18.9 Å². The summed E-state index contributed by atoms with van der Waals surface area (Å²) in [7, 11) is 0. The van der Waals surface area contributed by atoms with Crippen LogP contribution in [-0.2, 0) is 17.8 Å². The van der Waals surface area contributed by atoms with Crippen LogP contribution in [0, 0.1) is 0 Å². The number of rotatable bonds is 6. The minimum atomic E-state index is -0.00383. The Morgan fingerprint density at radius 2 is 1.80 bits per heavy atom. The molecule has 0 saturated carbocycles. The first-order valence-electron chi connectivity index (χ1n) is 8.47. The molecule has 0 saturated heterocycles. The van der Waals surface area contributed by atoms with Crippen molar-refractivity contribution in [1.82, 2.24) is 10.3 Å². The van der Waals surface area contributed by atoms with Crippen LogP contribution in [0.25, 0.3) is 10.6 Å². The molecule has 0 unspecified atom stereocenters. The number of amides is 1. The van der Waals surface area contributed by atoms with Gasteiger partial charge in [-0.1, -0.05) is 68.4 Å². The molecular formula is C21H22N2OS. The lowest BCUT2D eigenvalue weighted by Gasteiger charge is -2.05. The van der Waals surface area contributed by atoms with Gasteiger partial charge in [0.15, 0.2) is 0 Å². The number of benzene rings is 2. The third kappa shape index (κ3) is 4.77. The summed E-state index contributed by atoms with van der Waals surface area (Å²) in [4.78, 5) is 16.7. The van der Waals surface area contributed by atoms with Crippen molar-refractivity contribution in [3.63, 3.8) is 0 Å². The molecule has 1 amide bonds. The van der Waals surface area contributed by atoms with Crippen molar-refractivity contribution in [2.24, 2.45) is 0 Å². The predicted molar refractivity (Wildman–Crippen MR) is 104 cm³/mol. The molecule has 1 N–H and O–H groups in total. The van der Waals surface area contributed by atoms with Gasteiger partial charge in [-0.2, -0.15) is 0 Å². The van der Waals surface area contributed by atoms with E-state index in [1.54, 1.807) is 11.3 Å². The molecule has 2 aromatic carbocycles. The number of carbonyl (C=O) groups is 1. The Morgan fingerprint density at radius 1 is 1.08 bits per heavy atom. The lowest BCUT2D eigenvalue weighted by atomic mass is 10.0. The summed E-state index contributed by atoms with van der Waals surface area (Å²) in [6.45, 7) is 4.92. The van der Waals surface area contributed by atoms with E-state index in [9.17, 15) is 4.79 Å². The molecule has 3 aromatic rings. The van der Waals surface area contributed by atoms with Crippen LogP contribution in [0.4, 0.5) is 0 Å². The third-order valence-electron chi connectivity index (χ3n) is 4.05. The smallest absolute Gasteiger partial charge is 0.226 e.